The van der Waals surface area contributed by atoms with Crippen molar-refractivity contribution in [3.8, 4) is 5.75 Å². The zero-order valence-corrected chi connectivity index (χ0v) is 16.2. The van der Waals surface area contributed by atoms with Crippen LogP contribution in [0.5, 0.6) is 5.75 Å². The van der Waals surface area contributed by atoms with Gasteiger partial charge in [-0.1, -0.05) is 29.8 Å². The Morgan fingerprint density at radius 1 is 1.15 bits per heavy atom. The first kappa shape index (κ1) is 20.0. The lowest BCUT2D eigenvalue weighted by Crippen LogP contribution is -2.28. The van der Waals surface area contributed by atoms with E-state index < -0.39 is 5.97 Å². The van der Waals surface area contributed by atoms with Gasteiger partial charge in [0.15, 0.2) is 5.11 Å². The molecule has 0 heterocycles. The summed E-state index contributed by atoms with van der Waals surface area (Å²) in [6, 6.07) is 12.7. The van der Waals surface area contributed by atoms with Crippen LogP contribution in [-0.4, -0.2) is 24.3 Å². The Bertz CT molecular complexity index is 783. The average Bonchev–Trinajstić information content (AvgIpc) is 2.61. The minimum Gasteiger partial charge on any atom is -0.494 e. The van der Waals surface area contributed by atoms with E-state index in [9.17, 15) is 4.79 Å². The van der Waals surface area contributed by atoms with Crippen molar-refractivity contribution in [3.63, 3.8) is 0 Å². The minimum absolute atomic E-state index is 0.298. The summed E-state index contributed by atoms with van der Waals surface area (Å²) in [4.78, 5) is 11.8. The van der Waals surface area contributed by atoms with Crippen molar-refractivity contribution in [2.24, 2.45) is 0 Å². The van der Waals surface area contributed by atoms with Gasteiger partial charge in [-0.2, -0.15) is 0 Å². The number of halogens is 1. The van der Waals surface area contributed by atoms with E-state index in [1.807, 2.05) is 31.2 Å². The molecule has 0 aromatic heterocycles. The summed E-state index contributed by atoms with van der Waals surface area (Å²) < 4.78 is 10.5. The van der Waals surface area contributed by atoms with Gasteiger partial charge in [0.1, 0.15) is 5.75 Å². The minimum atomic E-state index is -0.447. The van der Waals surface area contributed by atoms with Crippen LogP contribution in [0.2, 0.25) is 5.02 Å². The number of hydrogen-bond donors (Lipinski definition) is 2. The van der Waals surface area contributed by atoms with Crippen molar-refractivity contribution < 1.29 is 14.3 Å². The van der Waals surface area contributed by atoms with E-state index in [4.69, 9.17) is 33.3 Å². The monoisotopic (exact) mass is 392 g/mol. The number of carbonyl (C=O) groups excluding carboxylic acids is 1. The van der Waals surface area contributed by atoms with Gasteiger partial charge in [-0.15, -0.1) is 0 Å². The molecular formula is C19H21ClN2O3S. The Hall–Kier alpha value is -2.31. The number of hydrogen-bond acceptors (Lipinski definition) is 4. The van der Waals surface area contributed by atoms with Gasteiger partial charge in [-0.25, -0.2) is 4.79 Å². The maximum Gasteiger partial charge on any atom is 0.339 e. The number of ether oxygens (including phenoxy) is 2. The molecule has 2 rings (SSSR count). The highest BCUT2D eigenvalue weighted by Gasteiger charge is 2.12. The van der Waals surface area contributed by atoms with Crippen molar-refractivity contribution in [1.82, 2.24) is 5.32 Å². The lowest BCUT2D eigenvalue weighted by atomic mass is 10.2. The molecule has 0 saturated carbocycles. The lowest BCUT2D eigenvalue weighted by Gasteiger charge is -2.14. The van der Waals surface area contributed by atoms with Crippen LogP contribution in [0.1, 0.15) is 29.8 Å². The molecule has 0 fully saturated rings. The largest absolute Gasteiger partial charge is 0.494 e. The van der Waals surface area contributed by atoms with E-state index in [2.05, 4.69) is 10.6 Å². The van der Waals surface area contributed by atoms with Crippen LogP contribution in [0.25, 0.3) is 0 Å². The van der Waals surface area contributed by atoms with Crippen LogP contribution in [0.4, 0.5) is 5.69 Å². The van der Waals surface area contributed by atoms with Crippen LogP contribution in [0, 0.1) is 0 Å². The van der Waals surface area contributed by atoms with Gasteiger partial charge in [-0.3, -0.25) is 0 Å². The number of carbonyl (C=O) groups is 1. The molecular weight excluding hydrogens is 372 g/mol. The SMILES string of the molecule is CCOC(=O)c1ccc(NC(=S)NCc2ccccc2OCC)cc1Cl. The molecule has 0 unspecified atom stereocenters. The van der Waals surface area contributed by atoms with Gasteiger partial charge < -0.3 is 20.1 Å². The van der Waals surface area contributed by atoms with Crippen molar-refractivity contribution >= 4 is 40.6 Å². The summed E-state index contributed by atoms with van der Waals surface area (Å²) in [5.41, 5.74) is 2.01. The molecule has 0 aliphatic rings. The van der Waals surface area contributed by atoms with Gasteiger partial charge in [0, 0.05) is 17.8 Å². The molecule has 0 aliphatic carbocycles. The number of para-hydroxylation sites is 1. The zero-order valence-electron chi connectivity index (χ0n) is 14.7. The first-order valence-electron chi connectivity index (χ1n) is 8.27. The average molecular weight is 393 g/mol. The molecule has 0 spiro atoms. The quantitative estimate of drug-likeness (QED) is 0.538. The maximum atomic E-state index is 11.8. The number of nitrogens with one attached hydrogen (secondary N) is 2. The topological polar surface area (TPSA) is 59.6 Å². The highest BCUT2D eigenvalue weighted by atomic mass is 35.5. The molecule has 7 heteroatoms. The van der Waals surface area contributed by atoms with Crippen LogP contribution in [0.3, 0.4) is 0 Å². The Morgan fingerprint density at radius 2 is 1.92 bits per heavy atom. The maximum absolute atomic E-state index is 11.8. The van der Waals surface area contributed by atoms with Crippen molar-refractivity contribution in [3.05, 3.63) is 58.6 Å². The summed E-state index contributed by atoms with van der Waals surface area (Å²) in [6.45, 7) is 5.11. The number of benzene rings is 2. The third-order valence-electron chi connectivity index (χ3n) is 3.43. The molecule has 0 aliphatic heterocycles. The van der Waals surface area contributed by atoms with Crippen LogP contribution < -0.4 is 15.4 Å². The van der Waals surface area contributed by atoms with Gasteiger partial charge in [0.05, 0.1) is 23.8 Å². The number of rotatable bonds is 7. The van der Waals surface area contributed by atoms with Gasteiger partial charge in [0.2, 0.25) is 0 Å². The zero-order chi connectivity index (χ0) is 18.9. The standard InChI is InChI=1S/C19H21ClN2O3S/c1-3-24-17-8-6-5-7-13(17)12-21-19(26)22-14-9-10-15(16(20)11-14)18(23)25-4-2/h5-11H,3-4,12H2,1-2H3,(H2,21,22,26). The predicted molar refractivity (Wildman–Crippen MR) is 108 cm³/mol. The Balaban J connectivity index is 1.96. The fourth-order valence-electron chi connectivity index (χ4n) is 2.26. The molecule has 0 bridgehead atoms. The fourth-order valence-corrected chi connectivity index (χ4v) is 2.71. The van der Waals surface area contributed by atoms with E-state index >= 15 is 0 Å². The van der Waals surface area contributed by atoms with E-state index in [1.54, 1.807) is 25.1 Å². The van der Waals surface area contributed by atoms with Crippen molar-refractivity contribution in [2.45, 2.75) is 20.4 Å². The molecule has 138 valence electrons. The van der Waals surface area contributed by atoms with E-state index in [0.717, 1.165) is 11.3 Å². The first-order valence-corrected chi connectivity index (χ1v) is 9.06. The third-order valence-corrected chi connectivity index (χ3v) is 3.99. The normalized spacial score (nSPS) is 10.1. The molecule has 2 aromatic rings. The van der Waals surface area contributed by atoms with E-state index in [-0.39, 0.29) is 0 Å². The summed E-state index contributed by atoms with van der Waals surface area (Å²) in [7, 11) is 0. The van der Waals surface area contributed by atoms with Crippen LogP contribution in [0.15, 0.2) is 42.5 Å². The second-order valence-corrected chi connectivity index (χ2v) is 6.08. The third kappa shape index (κ3) is 5.61. The molecule has 5 nitrogen and oxygen atoms in total. The molecule has 2 N–H and O–H groups in total. The predicted octanol–water partition coefficient (Wildman–Crippen LogP) is 4.40. The van der Waals surface area contributed by atoms with E-state index in [1.165, 1.54) is 0 Å². The number of esters is 1. The number of anilines is 1. The molecule has 0 amide bonds. The molecule has 0 atom stereocenters. The van der Waals surface area contributed by atoms with Gasteiger partial charge >= 0.3 is 5.97 Å². The summed E-state index contributed by atoms with van der Waals surface area (Å²) >= 11 is 11.5. The molecule has 0 radical (unpaired) electrons. The Morgan fingerprint density at radius 3 is 2.62 bits per heavy atom. The molecule has 2 aromatic carbocycles. The van der Waals surface area contributed by atoms with Gasteiger partial charge in [0.25, 0.3) is 0 Å². The Kier molecular flexibility index (Phi) is 7.69. The van der Waals surface area contributed by atoms with Crippen LogP contribution in [-0.2, 0) is 11.3 Å². The molecule has 0 saturated heterocycles. The summed E-state index contributed by atoms with van der Waals surface area (Å²) in [5, 5.41) is 6.92. The lowest BCUT2D eigenvalue weighted by molar-refractivity contribution is 0.0526. The smallest absolute Gasteiger partial charge is 0.339 e. The second kappa shape index (κ2) is 9.99. The second-order valence-electron chi connectivity index (χ2n) is 5.26. The van der Waals surface area contributed by atoms with E-state index in [0.29, 0.717) is 41.1 Å². The van der Waals surface area contributed by atoms with Crippen molar-refractivity contribution in [2.75, 3.05) is 18.5 Å². The van der Waals surface area contributed by atoms with Crippen LogP contribution >= 0.6 is 23.8 Å². The fraction of sp³-hybridized carbons (Fsp3) is 0.263. The first-order chi connectivity index (χ1) is 12.5. The molecule has 26 heavy (non-hydrogen) atoms. The van der Waals surface area contributed by atoms with Crippen molar-refractivity contribution in [1.29, 1.82) is 0 Å². The Labute approximate surface area is 163 Å². The highest BCUT2D eigenvalue weighted by molar-refractivity contribution is 7.80. The highest BCUT2D eigenvalue weighted by Crippen LogP contribution is 2.22. The number of thiocarbonyl (C=S) groups is 1. The summed E-state index contributed by atoms with van der Waals surface area (Å²) in [6.07, 6.45) is 0. The van der Waals surface area contributed by atoms with Gasteiger partial charge in [-0.05, 0) is 50.3 Å². The summed E-state index contributed by atoms with van der Waals surface area (Å²) in [5.74, 6) is 0.379.